The molecule has 0 fully saturated rings. The van der Waals surface area contributed by atoms with Gasteiger partial charge in [0.2, 0.25) is 0 Å². The fourth-order valence-electron chi connectivity index (χ4n) is 1.75. The Kier molecular flexibility index (Phi) is 4.32. The van der Waals surface area contributed by atoms with Crippen molar-refractivity contribution in [2.75, 3.05) is 6.61 Å². The van der Waals surface area contributed by atoms with Crippen molar-refractivity contribution in [1.82, 2.24) is 0 Å². The van der Waals surface area contributed by atoms with Gasteiger partial charge in [0.25, 0.3) is 5.69 Å². The minimum atomic E-state index is -0.408. The van der Waals surface area contributed by atoms with Crippen LogP contribution in [-0.4, -0.2) is 17.6 Å². The molecule has 0 saturated carbocycles. The van der Waals surface area contributed by atoms with Crippen molar-refractivity contribution in [2.24, 2.45) is 5.73 Å². The van der Waals surface area contributed by atoms with Crippen molar-refractivity contribution >= 4 is 5.69 Å². The van der Waals surface area contributed by atoms with Crippen LogP contribution in [-0.2, 0) is 0 Å². The lowest BCUT2D eigenvalue weighted by atomic mass is 10.1. The number of nitro benzene ring substituents is 1. The van der Waals surface area contributed by atoms with E-state index >= 15 is 0 Å². The van der Waals surface area contributed by atoms with Crippen molar-refractivity contribution < 1.29 is 9.66 Å². The minimum Gasteiger partial charge on any atom is -0.492 e. The number of hydrogen-bond acceptors (Lipinski definition) is 4. The molecule has 104 valence electrons. The molecular formula is C15H16N2O3. The van der Waals surface area contributed by atoms with Crippen LogP contribution in [0.2, 0.25) is 0 Å². The third-order valence-corrected chi connectivity index (χ3v) is 2.78. The van der Waals surface area contributed by atoms with Crippen molar-refractivity contribution in [3.05, 3.63) is 58.6 Å². The average molecular weight is 272 g/mol. The van der Waals surface area contributed by atoms with Crippen LogP contribution in [0.5, 0.6) is 5.75 Å². The molecule has 0 bridgehead atoms. The zero-order valence-electron chi connectivity index (χ0n) is 11.2. The topological polar surface area (TPSA) is 78.4 Å². The predicted octanol–water partition coefficient (Wildman–Crippen LogP) is 2.99. The molecule has 0 spiro atoms. The van der Waals surface area contributed by atoms with Crippen LogP contribution >= 0.6 is 0 Å². The van der Waals surface area contributed by atoms with E-state index < -0.39 is 4.92 Å². The lowest BCUT2D eigenvalue weighted by Gasteiger charge is -2.09. The molecule has 5 heteroatoms. The molecule has 0 amide bonds. The van der Waals surface area contributed by atoms with Gasteiger partial charge in [-0.15, -0.1) is 0 Å². The van der Waals surface area contributed by atoms with Crippen molar-refractivity contribution in [3.8, 4) is 16.9 Å². The molecule has 2 rings (SSSR count). The number of rotatable bonds is 5. The Balaban J connectivity index is 2.11. The van der Waals surface area contributed by atoms with Gasteiger partial charge in [0.05, 0.1) is 4.92 Å². The SMILES string of the molecule is CC(N)COc1ccc(-c2ccc([N+](=O)[O-])cc2)cc1. The van der Waals surface area contributed by atoms with E-state index in [1.54, 1.807) is 12.1 Å². The van der Waals surface area contributed by atoms with Gasteiger partial charge in [0.15, 0.2) is 0 Å². The molecule has 1 unspecified atom stereocenters. The van der Waals surface area contributed by atoms with Gasteiger partial charge in [-0.3, -0.25) is 10.1 Å². The van der Waals surface area contributed by atoms with Crippen LogP contribution in [0.15, 0.2) is 48.5 Å². The van der Waals surface area contributed by atoms with Gasteiger partial charge >= 0.3 is 0 Å². The molecule has 0 saturated heterocycles. The molecule has 0 aromatic heterocycles. The smallest absolute Gasteiger partial charge is 0.269 e. The molecule has 1 atom stereocenters. The van der Waals surface area contributed by atoms with Crippen LogP contribution in [0.25, 0.3) is 11.1 Å². The summed E-state index contributed by atoms with van der Waals surface area (Å²) < 4.78 is 5.49. The maximum Gasteiger partial charge on any atom is 0.269 e. The number of nitro groups is 1. The Labute approximate surface area is 117 Å². The van der Waals surface area contributed by atoms with E-state index in [0.29, 0.717) is 6.61 Å². The summed E-state index contributed by atoms with van der Waals surface area (Å²) in [7, 11) is 0. The summed E-state index contributed by atoms with van der Waals surface area (Å²) in [4.78, 5) is 10.2. The Morgan fingerprint density at radius 3 is 2.05 bits per heavy atom. The summed E-state index contributed by atoms with van der Waals surface area (Å²) in [5.74, 6) is 0.757. The zero-order valence-corrected chi connectivity index (χ0v) is 11.2. The Morgan fingerprint density at radius 1 is 1.10 bits per heavy atom. The quantitative estimate of drug-likeness (QED) is 0.670. The summed E-state index contributed by atoms with van der Waals surface area (Å²) in [5.41, 5.74) is 7.61. The van der Waals surface area contributed by atoms with E-state index in [1.165, 1.54) is 12.1 Å². The summed E-state index contributed by atoms with van der Waals surface area (Å²) in [6.07, 6.45) is 0. The number of ether oxygens (including phenoxy) is 1. The van der Waals surface area contributed by atoms with Gasteiger partial charge in [-0.25, -0.2) is 0 Å². The van der Waals surface area contributed by atoms with Gasteiger partial charge in [0.1, 0.15) is 12.4 Å². The third kappa shape index (κ3) is 3.55. The second kappa shape index (κ2) is 6.16. The number of nitrogens with two attached hydrogens (primary N) is 1. The molecule has 20 heavy (non-hydrogen) atoms. The highest BCUT2D eigenvalue weighted by Gasteiger charge is 2.05. The summed E-state index contributed by atoms with van der Waals surface area (Å²) in [6.45, 7) is 2.35. The molecular weight excluding hydrogens is 256 g/mol. The number of benzene rings is 2. The summed E-state index contributed by atoms with van der Waals surface area (Å²) in [5, 5.41) is 10.6. The molecule has 2 N–H and O–H groups in total. The molecule has 0 aliphatic carbocycles. The average Bonchev–Trinajstić information content (AvgIpc) is 2.46. The molecule has 0 radical (unpaired) electrons. The number of non-ortho nitro benzene ring substituents is 1. The molecule has 5 nitrogen and oxygen atoms in total. The second-order valence-electron chi connectivity index (χ2n) is 4.62. The Bertz CT molecular complexity index is 577. The summed E-state index contributed by atoms with van der Waals surface area (Å²) >= 11 is 0. The number of nitrogens with zero attached hydrogens (tertiary/aromatic N) is 1. The van der Waals surface area contributed by atoms with Crippen LogP contribution < -0.4 is 10.5 Å². The maximum absolute atomic E-state index is 10.6. The first kappa shape index (κ1) is 14.0. The Morgan fingerprint density at radius 2 is 1.60 bits per heavy atom. The van der Waals surface area contributed by atoms with Crippen LogP contribution in [0.3, 0.4) is 0 Å². The molecule has 0 aliphatic rings. The van der Waals surface area contributed by atoms with Crippen LogP contribution in [0.1, 0.15) is 6.92 Å². The van der Waals surface area contributed by atoms with Crippen molar-refractivity contribution in [3.63, 3.8) is 0 Å². The van der Waals surface area contributed by atoms with E-state index in [9.17, 15) is 10.1 Å². The second-order valence-corrected chi connectivity index (χ2v) is 4.62. The van der Waals surface area contributed by atoms with Gasteiger partial charge < -0.3 is 10.5 Å². The third-order valence-electron chi connectivity index (χ3n) is 2.78. The minimum absolute atomic E-state index is 0.00986. The largest absolute Gasteiger partial charge is 0.492 e. The first-order valence-electron chi connectivity index (χ1n) is 6.29. The van der Waals surface area contributed by atoms with E-state index in [2.05, 4.69) is 0 Å². The highest BCUT2D eigenvalue weighted by atomic mass is 16.6. The van der Waals surface area contributed by atoms with Gasteiger partial charge in [-0.05, 0) is 42.3 Å². The fraction of sp³-hybridized carbons (Fsp3) is 0.200. The highest BCUT2D eigenvalue weighted by Crippen LogP contribution is 2.24. The molecule has 0 aliphatic heterocycles. The fourth-order valence-corrected chi connectivity index (χ4v) is 1.75. The van der Waals surface area contributed by atoms with E-state index in [1.807, 2.05) is 31.2 Å². The molecule has 0 heterocycles. The highest BCUT2D eigenvalue weighted by molar-refractivity contribution is 5.65. The normalized spacial score (nSPS) is 11.9. The monoisotopic (exact) mass is 272 g/mol. The van der Waals surface area contributed by atoms with Crippen LogP contribution in [0, 0.1) is 10.1 Å². The van der Waals surface area contributed by atoms with E-state index in [0.717, 1.165) is 16.9 Å². The number of hydrogen-bond donors (Lipinski definition) is 1. The van der Waals surface area contributed by atoms with E-state index in [-0.39, 0.29) is 11.7 Å². The van der Waals surface area contributed by atoms with Crippen LogP contribution in [0.4, 0.5) is 5.69 Å². The van der Waals surface area contributed by atoms with Crippen molar-refractivity contribution in [1.29, 1.82) is 0 Å². The standard InChI is InChI=1S/C15H16N2O3/c1-11(16)10-20-15-8-4-13(5-9-15)12-2-6-14(7-3-12)17(18)19/h2-9,11H,10,16H2,1H3. The first-order valence-corrected chi connectivity index (χ1v) is 6.29. The maximum atomic E-state index is 10.6. The van der Waals surface area contributed by atoms with Gasteiger partial charge in [-0.2, -0.15) is 0 Å². The van der Waals surface area contributed by atoms with Gasteiger partial charge in [-0.1, -0.05) is 12.1 Å². The lowest BCUT2D eigenvalue weighted by molar-refractivity contribution is -0.384. The van der Waals surface area contributed by atoms with E-state index in [4.69, 9.17) is 10.5 Å². The van der Waals surface area contributed by atoms with Gasteiger partial charge in [0, 0.05) is 18.2 Å². The summed E-state index contributed by atoms with van der Waals surface area (Å²) in [6, 6.07) is 14.0. The zero-order chi connectivity index (χ0) is 14.5. The molecule has 2 aromatic rings. The first-order chi connectivity index (χ1) is 9.56. The van der Waals surface area contributed by atoms with Crippen molar-refractivity contribution in [2.45, 2.75) is 13.0 Å². The molecule has 2 aromatic carbocycles. The predicted molar refractivity (Wildman–Crippen MR) is 77.7 cm³/mol. The Hall–Kier alpha value is -2.40. The lowest BCUT2D eigenvalue weighted by Crippen LogP contribution is -2.23.